The molecule has 0 radical (unpaired) electrons. The second-order valence-corrected chi connectivity index (χ2v) is 6.31. The molecule has 1 aromatic carbocycles. The van der Waals surface area contributed by atoms with E-state index in [2.05, 4.69) is 69.8 Å². The molecule has 2 N–H and O–H groups in total. The summed E-state index contributed by atoms with van der Waals surface area (Å²) in [7, 11) is 1.81. The second-order valence-electron chi connectivity index (χ2n) is 6.31. The summed E-state index contributed by atoms with van der Waals surface area (Å²) in [4.78, 5) is 6.81. The molecule has 6 nitrogen and oxygen atoms in total. The van der Waals surface area contributed by atoms with Crippen LogP contribution in [0.5, 0.6) is 0 Å². The van der Waals surface area contributed by atoms with Crippen molar-refractivity contribution in [3.63, 3.8) is 0 Å². The van der Waals surface area contributed by atoms with Gasteiger partial charge in [-0.2, -0.15) is 5.10 Å². The van der Waals surface area contributed by atoms with Gasteiger partial charge in [-0.15, -0.1) is 0 Å². The Morgan fingerprint density at radius 3 is 2.50 bits per heavy atom. The highest BCUT2D eigenvalue weighted by Gasteiger charge is 2.18. The SMILES string of the molecule is CCN(CC)C(CNC(=NC)NCCn1cc(C)cn1)c1ccccc1. The lowest BCUT2D eigenvalue weighted by atomic mass is 10.1. The van der Waals surface area contributed by atoms with Gasteiger partial charge in [-0.05, 0) is 31.1 Å². The van der Waals surface area contributed by atoms with E-state index >= 15 is 0 Å². The minimum absolute atomic E-state index is 0.318. The highest BCUT2D eigenvalue weighted by molar-refractivity contribution is 5.79. The summed E-state index contributed by atoms with van der Waals surface area (Å²) in [5.41, 5.74) is 2.50. The van der Waals surface area contributed by atoms with Crippen LogP contribution in [0.2, 0.25) is 0 Å². The van der Waals surface area contributed by atoms with Gasteiger partial charge in [-0.1, -0.05) is 44.2 Å². The zero-order valence-electron chi connectivity index (χ0n) is 16.4. The van der Waals surface area contributed by atoms with Crippen LogP contribution in [0, 0.1) is 6.92 Å². The van der Waals surface area contributed by atoms with Crippen molar-refractivity contribution in [3.8, 4) is 0 Å². The molecule has 0 saturated carbocycles. The number of nitrogens with one attached hydrogen (secondary N) is 2. The number of nitrogens with zero attached hydrogens (tertiary/aromatic N) is 4. The van der Waals surface area contributed by atoms with Gasteiger partial charge in [0.05, 0.1) is 18.8 Å². The van der Waals surface area contributed by atoms with E-state index in [1.54, 1.807) is 0 Å². The number of aliphatic imine (C=N–C) groups is 1. The molecule has 1 atom stereocenters. The minimum atomic E-state index is 0.318. The predicted molar refractivity (Wildman–Crippen MR) is 108 cm³/mol. The molecule has 142 valence electrons. The molecule has 26 heavy (non-hydrogen) atoms. The summed E-state index contributed by atoms with van der Waals surface area (Å²) < 4.78 is 1.94. The van der Waals surface area contributed by atoms with Gasteiger partial charge < -0.3 is 10.6 Å². The molecule has 2 rings (SSSR count). The number of aryl methyl sites for hydroxylation is 1. The Bertz CT molecular complexity index is 660. The Morgan fingerprint density at radius 2 is 1.92 bits per heavy atom. The predicted octanol–water partition coefficient (Wildman–Crippen LogP) is 2.44. The zero-order valence-corrected chi connectivity index (χ0v) is 16.4. The first kappa shape index (κ1) is 20.0. The summed E-state index contributed by atoms with van der Waals surface area (Å²) in [6.07, 6.45) is 3.92. The smallest absolute Gasteiger partial charge is 0.191 e. The Balaban J connectivity index is 1.90. The van der Waals surface area contributed by atoms with Gasteiger partial charge >= 0.3 is 0 Å². The summed E-state index contributed by atoms with van der Waals surface area (Å²) in [6.45, 7) is 10.9. The molecule has 0 saturated heterocycles. The van der Waals surface area contributed by atoms with Gasteiger partial charge in [-0.25, -0.2) is 0 Å². The second kappa shape index (κ2) is 10.6. The highest BCUT2D eigenvalue weighted by Crippen LogP contribution is 2.19. The van der Waals surface area contributed by atoms with Crippen LogP contribution in [-0.2, 0) is 6.54 Å². The fourth-order valence-electron chi connectivity index (χ4n) is 3.09. The normalized spacial score (nSPS) is 13.0. The van der Waals surface area contributed by atoms with Crippen LogP contribution in [0.25, 0.3) is 0 Å². The van der Waals surface area contributed by atoms with E-state index in [-0.39, 0.29) is 0 Å². The van der Waals surface area contributed by atoms with Crippen molar-refractivity contribution in [2.24, 2.45) is 4.99 Å². The number of likely N-dealkylation sites (N-methyl/N-ethyl adjacent to an activating group) is 1. The van der Waals surface area contributed by atoms with Crippen LogP contribution < -0.4 is 10.6 Å². The molecule has 0 aliphatic carbocycles. The van der Waals surface area contributed by atoms with Crippen LogP contribution in [0.4, 0.5) is 0 Å². The van der Waals surface area contributed by atoms with E-state index in [4.69, 9.17) is 0 Å². The lowest BCUT2D eigenvalue weighted by Gasteiger charge is -2.30. The summed E-state index contributed by atoms with van der Waals surface area (Å²) >= 11 is 0. The monoisotopic (exact) mass is 356 g/mol. The maximum atomic E-state index is 4.35. The fraction of sp³-hybridized carbons (Fsp3) is 0.500. The van der Waals surface area contributed by atoms with Crippen LogP contribution >= 0.6 is 0 Å². The van der Waals surface area contributed by atoms with Gasteiger partial charge in [0, 0.05) is 26.3 Å². The molecule has 0 spiro atoms. The number of rotatable bonds is 9. The van der Waals surface area contributed by atoms with E-state index in [0.29, 0.717) is 6.04 Å². The van der Waals surface area contributed by atoms with Crippen molar-refractivity contribution in [2.75, 3.05) is 33.2 Å². The molecule has 1 unspecified atom stereocenters. The lowest BCUT2D eigenvalue weighted by molar-refractivity contribution is 0.219. The maximum Gasteiger partial charge on any atom is 0.191 e. The topological polar surface area (TPSA) is 57.5 Å². The van der Waals surface area contributed by atoms with Crippen molar-refractivity contribution in [1.82, 2.24) is 25.3 Å². The van der Waals surface area contributed by atoms with Crippen molar-refractivity contribution in [3.05, 3.63) is 53.9 Å². The van der Waals surface area contributed by atoms with E-state index < -0.39 is 0 Å². The molecule has 6 heteroatoms. The lowest BCUT2D eigenvalue weighted by Crippen LogP contribution is -2.44. The van der Waals surface area contributed by atoms with Gasteiger partial charge in [0.1, 0.15) is 0 Å². The van der Waals surface area contributed by atoms with Crippen molar-refractivity contribution in [1.29, 1.82) is 0 Å². The number of benzene rings is 1. The molecule has 0 amide bonds. The standard InChI is InChI=1S/C20H32N6/c1-5-25(6-2)19(18-10-8-7-9-11-18)15-23-20(21-4)22-12-13-26-16-17(3)14-24-26/h7-11,14,16,19H,5-6,12-13,15H2,1-4H3,(H2,21,22,23). The molecule has 0 fully saturated rings. The zero-order chi connectivity index (χ0) is 18.8. The van der Waals surface area contributed by atoms with Gasteiger partial charge in [0.2, 0.25) is 0 Å². The summed E-state index contributed by atoms with van der Waals surface area (Å²) in [5.74, 6) is 0.821. The highest BCUT2D eigenvalue weighted by atomic mass is 15.3. The molecule has 2 aromatic rings. The number of guanidine groups is 1. The average molecular weight is 357 g/mol. The Labute approximate surface area is 157 Å². The molecule has 0 bridgehead atoms. The van der Waals surface area contributed by atoms with Crippen molar-refractivity contribution >= 4 is 5.96 Å². The Morgan fingerprint density at radius 1 is 1.19 bits per heavy atom. The Kier molecular flexibility index (Phi) is 8.15. The first-order chi connectivity index (χ1) is 12.7. The van der Waals surface area contributed by atoms with E-state index in [1.165, 1.54) is 11.1 Å². The van der Waals surface area contributed by atoms with Crippen LogP contribution in [0.1, 0.15) is 31.0 Å². The number of aromatic nitrogens is 2. The third-order valence-corrected chi connectivity index (χ3v) is 4.52. The third-order valence-electron chi connectivity index (χ3n) is 4.52. The molecular weight excluding hydrogens is 324 g/mol. The van der Waals surface area contributed by atoms with Gasteiger partial charge in [-0.3, -0.25) is 14.6 Å². The van der Waals surface area contributed by atoms with Crippen LogP contribution in [-0.4, -0.2) is 53.9 Å². The van der Waals surface area contributed by atoms with E-state index in [0.717, 1.165) is 38.7 Å². The number of hydrogen-bond donors (Lipinski definition) is 2. The first-order valence-corrected chi connectivity index (χ1v) is 9.40. The van der Waals surface area contributed by atoms with Crippen LogP contribution in [0.3, 0.4) is 0 Å². The van der Waals surface area contributed by atoms with Gasteiger partial charge in [0.15, 0.2) is 5.96 Å². The van der Waals surface area contributed by atoms with Crippen molar-refractivity contribution < 1.29 is 0 Å². The molecule has 1 heterocycles. The first-order valence-electron chi connectivity index (χ1n) is 9.40. The Hall–Kier alpha value is -2.34. The molecule has 1 aromatic heterocycles. The van der Waals surface area contributed by atoms with E-state index in [9.17, 15) is 0 Å². The maximum absolute atomic E-state index is 4.35. The largest absolute Gasteiger partial charge is 0.355 e. The fourth-order valence-corrected chi connectivity index (χ4v) is 3.09. The summed E-state index contributed by atoms with van der Waals surface area (Å²) in [5, 5.41) is 11.2. The minimum Gasteiger partial charge on any atom is -0.355 e. The van der Waals surface area contributed by atoms with Crippen LogP contribution in [0.15, 0.2) is 47.7 Å². The third kappa shape index (κ3) is 5.88. The quantitative estimate of drug-likeness (QED) is 0.535. The molecule has 0 aliphatic heterocycles. The van der Waals surface area contributed by atoms with Gasteiger partial charge in [0.25, 0.3) is 0 Å². The molecular formula is C20H32N6. The molecule has 0 aliphatic rings. The van der Waals surface area contributed by atoms with Crippen molar-refractivity contribution in [2.45, 2.75) is 33.4 Å². The average Bonchev–Trinajstić information content (AvgIpc) is 3.09. The summed E-state index contributed by atoms with van der Waals surface area (Å²) in [6, 6.07) is 11.0. The van der Waals surface area contributed by atoms with E-state index in [1.807, 2.05) is 31.0 Å². The number of hydrogen-bond acceptors (Lipinski definition) is 3.